The zero-order valence-electron chi connectivity index (χ0n) is 21.6. The Kier molecular flexibility index (Phi) is 7.84. The van der Waals surface area contributed by atoms with Crippen LogP contribution in [0.3, 0.4) is 0 Å². The Morgan fingerprint density at radius 2 is 1.84 bits per heavy atom. The number of aliphatic hydroxyl groups excluding tert-OH is 1. The fraction of sp³-hybridized carbons (Fsp3) is 0.286. The maximum absolute atomic E-state index is 14.4. The number of nitrogens with one attached hydrogen (secondary N) is 2. The number of H-pyrrole nitrogens is 1. The van der Waals surface area contributed by atoms with Gasteiger partial charge in [-0.15, -0.1) is 0 Å². The quantitative estimate of drug-likeness (QED) is 0.250. The lowest BCUT2D eigenvalue weighted by Gasteiger charge is -2.24. The molecule has 4 aromatic rings. The Bertz CT molecular complexity index is 1470. The van der Waals surface area contributed by atoms with Crippen molar-refractivity contribution in [1.82, 2.24) is 15.3 Å². The molecular formula is C28H30FN3O6. The molecule has 0 saturated heterocycles. The van der Waals surface area contributed by atoms with Gasteiger partial charge in [0.25, 0.3) is 5.91 Å². The Balaban J connectivity index is 1.60. The lowest BCUT2D eigenvalue weighted by molar-refractivity contribution is 0.0489. The summed E-state index contributed by atoms with van der Waals surface area (Å²) in [7, 11) is 2.96. The van der Waals surface area contributed by atoms with Gasteiger partial charge in [-0.2, -0.15) is 0 Å². The fourth-order valence-electron chi connectivity index (χ4n) is 4.24. The Hall–Kier alpha value is -4.15. The molecule has 38 heavy (non-hydrogen) atoms. The first-order chi connectivity index (χ1) is 18.2. The molecule has 0 fully saturated rings. The van der Waals surface area contributed by atoms with E-state index in [9.17, 15) is 14.3 Å². The van der Waals surface area contributed by atoms with Gasteiger partial charge in [-0.3, -0.25) is 4.79 Å². The largest absolute Gasteiger partial charge is 0.494 e. The van der Waals surface area contributed by atoms with Crippen LogP contribution < -0.4 is 19.5 Å². The van der Waals surface area contributed by atoms with Gasteiger partial charge in [-0.1, -0.05) is 12.1 Å². The van der Waals surface area contributed by atoms with Gasteiger partial charge in [0.2, 0.25) is 0 Å². The summed E-state index contributed by atoms with van der Waals surface area (Å²) in [6.07, 6.45) is 0. The standard InChI is InChI=1S/C28H30FN3O6/c1-16-24(18-6-5-7-19(29)25(18)31-16)26-21(36-3)10-11-23(32-26)28(2,35)15-30-27(34)17-8-9-20(38-13-12-33)22(14-17)37-4/h5-11,14,31,33,35H,12-13,15H2,1-4H3,(H,30,34). The van der Waals surface area contributed by atoms with Gasteiger partial charge in [-0.25, -0.2) is 9.37 Å². The molecule has 10 heteroatoms. The summed E-state index contributed by atoms with van der Waals surface area (Å²) in [5.74, 6) is 0.370. The minimum atomic E-state index is -1.55. The van der Waals surface area contributed by atoms with Crippen LogP contribution >= 0.6 is 0 Å². The van der Waals surface area contributed by atoms with Gasteiger partial charge in [0.15, 0.2) is 11.5 Å². The number of aryl methyl sites for hydroxylation is 1. The van der Waals surface area contributed by atoms with E-state index in [-0.39, 0.29) is 25.6 Å². The molecule has 4 rings (SSSR count). The number of aromatic amines is 1. The molecule has 1 atom stereocenters. The number of benzene rings is 2. The molecule has 9 nitrogen and oxygen atoms in total. The first-order valence-corrected chi connectivity index (χ1v) is 11.9. The Morgan fingerprint density at radius 1 is 1.11 bits per heavy atom. The second kappa shape index (κ2) is 11.1. The van der Waals surface area contributed by atoms with E-state index in [0.717, 1.165) is 0 Å². The molecule has 0 aliphatic heterocycles. The number of methoxy groups -OCH3 is 2. The number of halogens is 1. The minimum absolute atomic E-state index is 0.0919. The number of hydrogen-bond acceptors (Lipinski definition) is 7. The van der Waals surface area contributed by atoms with Crippen LogP contribution in [0.1, 0.15) is 28.7 Å². The summed E-state index contributed by atoms with van der Waals surface area (Å²) < 4.78 is 30.6. The van der Waals surface area contributed by atoms with Crippen LogP contribution in [0, 0.1) is 12.7 Å². The van der Waals surface area contributed by atoms with E-state index in [1.807, 2.05) is 6.92 Å². The number of ether oxygens (including phenoxy) is 3. The van der Waals surface area contributed by atoms with Crippen LogP contribution in [0.15, 0.2) is 48.5 Å². The molecule has 0 radical (unpaired) electrons. The van der Waals surface area contributed by atoms with Crippen LogP contribution in [0.2, 0.25) is 0 Å². The van der Waals surface area contributed by atoms with Gasteiger partial charge in [0.05, 0.1) is 38.6 Å². The highest BCUT2D eigenvalue weighted by atomic mass is 19.1. The summed E-state index contributed by atoms with van der Waals surface area (Å²) in [4.78, 5) is 20.6. The molecule has 0 spiro atoms. The first-order valence-electron chi connectivity index (χ1n) is 11.9. The van der Waals surface area contributed by atoms with Crippen LogP contribution in [0.5, 0.6) is 17.2 Å². The third-order valence-corrected chi connectivity index (χ3v) is 6.21. The van der Waals surface area contributed by atoms with E-state index in [0.29, 0.717) is 56.4 Å². The first kappa shape index (κ1) is 26.9. The fourth-order valence-corrected chi connectivity index (χ4v) is 4.24. The number of aromatic nitrogens is 2. The number of pyridine rings is 1. The lowest BCUT2D eigenvalue weighted by Crippen LogP contribution is -2.39. The third kappa shape index (κ3) is 5.27. The zero-order valence-corrected chi connectivity index (χ0v) is 21.6. The van der Waals surface area contributed by atoms with Gasteiger partial charge in [-0.05, 0) is 50.2 Å². The zero-order chi connectivity index (χ0) is 27.4. The smallest absolute Gasteiger partial charge is 0.251 e. The average molecular weight is 524 g/mol. The molecule has 0 saturated carbocycles. The second-order valence-electron chi connectivity index (χ2n) is 8.93. The molecular weight excluding hydrogens is 493 g/mol. The van der Waals surface area contributed by atoms with Crippen molar-refractivity contribution in [1.29, 1.82) is 0 Å². The number of carbonyl (C=O) groups excluding carboxylic acids is 1. The second-order valence-corrected chi connectivity index (χ2v) is 8.93. The molecule has 4 N–H and O–H groups in total. The Morgan fingerprint density at radius 3 is 2.55 bits per heavy atom. The topological polar surface area (TPSA) is 126 Å². The highest BCUT2D eigenvalue weighted by Gasteiger charge is 2.28. The highest BCUT2D eigenvalue weighted by molar-refractivity contribution is 5.98. The number of aliphatic hydroxyl groups is 2. The number of carbonyl (C=O) groups is 1. The number of rotatable bonds is 10. The maximum Gasteiger partial charge on any atom is 0.251 e. The molecule has 2 heterocycles. The minimum Gasteiger partial charge on any atom is -0.494 e. The highest BCUT2D eigenvalue weighted by Crippen LogP contribution is 2.38. The van der Waals surface area contributed by atoms with Gasteiger partial charge < -0.3 is 34.7 Å². The molecule has 2 aromatic carbocycles. The van der Waals surface area contributed by atoms with E-state index in [1.165, 1.54) is 26.4 Å². The van der Waals surface area contributed by atoms with Gasteiger partial charge in [0, 0.05) is 22.2 Å². The van der Waals surface area contributed by atoms with E-state index in [2.05, 4.69) is 10.3 Å². The Labute approximate surface area is 219 Å². The number of nitrogens with zero attached hydrogens (tertiary/aromatic N) is 1. The summed E-state index contributed by atoms with van der Waals surface area (Å²) in [6, 6.07) is 12.7. The predicted molar refractivity (Wildman–Crippen MR) is 140 cm³/mol. The van der Waals surface area contributed by atoms with Crippen LogP contribution in [0.4, 0.5) is 4.39 Å². The number of para-hydroxylation sites is 1. The van der Waals surface area contributed by atoms with Crippen LogP contribution in [0.25, 0.3) is 22.2 Å². The summed E-state index contributed by atoms with van der Waals surface area (Å²) >= 11 is 0. The van der Waals surface area contributed by atoms with E-state index in [1.54, 1.807) is 43.3 Å². The molecule has 1 amide bonds. The number of amides is 1. The number of hydrogen-bond donors (Lipinski definition) is 4. The number of fused-ring (bicyclic) bond motifs is 1. The van der Waals surface area contributed by atoms with E-state index < -0.39 is 11.5 Å². The summed E-state index contributed by atoms with van der Waals surface area (Å²) in [5, 5.41) is 23.6. The average Bonchev–Trinajstić information content (AvgIpc) is 3.26. The van der Waals surface area contributed by atoms with Crippen molar-refractivity contribution < 1.29 is 33.6 Å². The van der Waals surface area contributed by atoms with E-state index in [4.69, 9.17) is 24.3 Å². The van der Waals surface area contributed by atoms with Crippen molar-refractivity contribution in [3.8, 4) is 28.5 Å². The monoisotopic (exact) mass is 523 g/mol. The van der Waals surface area contributed by atoms with Crippen molar-refractivity contribution in [3.05, 3.63) is 71.3 Å². The summed E-state index contributed by atoms with van der Waals surface area (Å²) in [5.41, 5.74) is 1.20. The van der Waals surface area contributed by atoms with Gasteiger partial charge in [0.1, 0.15) is 29.5 Å². The summed E-state index contributed by atoms with van der Waals surface area (Å²) in [6.45, 7) is 3.15. The van der Waals surface area contributed by atoms with Crippen molar-refractivity contribution in [2.45, 2.75) is 19.4 Å². The molecule has 0 bridgehead atoms. The van der Waals surface area contributed by atoms with Crippen molar-refractivity contribution in [2.24, 2.45) is 0 Å². The van der Waals surface area contributed by atoms with Crippen LogP contribution in [-0.4, -0.2) is 60.1 Å². The lowest BCUT2D eigenvalue weighted by atomic mass is 9.99. The van der Waals surface area contributed by atoms with Crippen molar-refractivity contribution >= 4 is 16.8 Å². The van der Waals surface area contributed by atoms with Gasteiger partial charge >= 0.3 is 0 Å². The maximum atomic E-state index is 14.4. The van der Waals surface area contributed by atoms with E-state index >= 15 is 0 Å². The molecule has 0 aliphatic rings. The SMILES string of the molecule is COc1cc(C(=O)NCC(C)(O)c2ccc(OC)c(-c3c(C)[nH]c4c(F)cccc34)n2)ccc1OCCO. The van der Waals surface area contributed by atoms with Crippen LogP contribution in [-0.2, 0) is 5.60 Å². The molecule has 2 aromatic heterocycles. The molecule has 1 unspecified atom stereocenters. The third-order valence-electron chi connectivity index (χ3n) is 6.21. The molecule has 0 aliphatic carbocycles. The normalized spacial score (nSPS) is 12.7. The molecule has 200 valence electrons. The predicted octanol–water partition coefficient (Wildman–Crippen LogP) is 3.70. The van der Waals surface area contributed by atoms with Crippen molar-refractivity contribution in [2.75, 3.05) is 34.0 Å². The van der Waals surface area contributed by atoms with Crippen molar-refractivity contribution in [3.63, 3.8) is 0 Å².